The number of fused-ring (bicyclic) bond motifs is 3. The van der Waals surface area contributed by atoms with Gasteiger partial charge in [0.2, 0.25) is 6.23 Å². The fourth-order valence-corrected chi connectivity index (χ4v) is 4.49. The molecule has 0 spiro atoms. The van der Waals surface area contributed by atoms with Crippen molar-refractivity contribution in [2.45, 2.75) is 18.7 Å². The van der Waals surface area contributed by atoms with E-state index >= 15 is 0 Å². The normalized spacial score (nSPS) is 19.2. The Bertz CT molecular complexity index is 1170. The van der Waals surface area contributed by atoms with E-state index in [1.54, 1.807) is 26.4 Å². The van der Waals surface area contributed by atoms with E-state index in [-0.39, 0.29) is 11.9 Å². The first-order chi connectivity index (χ1) is 15.1. The quantitative estimate of drug-likeness (QED) is 0.467. The second-order valence-electron chi connectivity index (χ2n) is 7.41. The molecular weight excluding hydrogens is 463 g/mol. The topological polar surface area (TPSA) is 43.3 Å². The van der Waals surface area contributed by atoms with Crippen molar-refractivity contribution in [3.8, 4) is 17.2 Å². The summed E-state index contributed by atoms with van der Waals surface area (Å²) in [4.78, 5) is 0. The summed E-state index contributed by atoms with van der Waals surface area (Å²) in [6.45, 7) is 0. The molecule has 31 heavy (non-hydrogen) atoms. The molecule has 0 aromatic heterocycles. The van der Waals surface area contributed by atoms with Gasteiger partial charge >= 0.3 is 0 Å². The third-order valence-electron chi connectivity index (χ3n) is 5.63. The summed E-state index contributed by atoms with van der Waals surface area (Å²) in [6.07, 6.45) is 0.183. The maximum Gasteiger partial charge on any atom is 0.217 e. The molecule has 7 heteroatoms. The predicted octanol–water partition coefficient (Wildman–Crippen LogP) is 5.85. The van der Waals surface area contributed by atoms with Crippen LogP contribution in [0.5, 0.6) is 17.2 Å². The van der Waals surface area contributed by atoms with Crippen LogP contribution >= 0.6 is 15.9 Å². The molecule has 0 saturated carbocycles. The van der Waals surface area contributed by atoms with Gasteiger partial charge in [-0.1, -0.05) is 28.1 Å². The summed E-state index contributed by atoms with van der Waals surface area (Å²) in [5.41, 5.74) is 3.65. The molecule has 0 bridgehead atoms. The molecule has 0 N–H and O–H groups in total. The zero-order chi connectivity index (χ0) is 21.5. The molecule has 5 nitrogen and oxygen atoms in total. The first-order valence-electron chi connectivity index (χ1n) is 9.87. The molecule has 2 aliphatic heterocycles. The lowest BCUT2D eigenvalue weighted by Gasteiger charge is -2.38. The number of hydrogen-bond acceptors (Lipinski definition) is 5. The van der Waals surface area contributed by atoms with E-state index in [0.29, 0.717) is 17.9 Å². The molecule has 0 saturated heterocycles. The zero-order valence-electron chi connectivity index (χ0n) is 17.0. The van der Waals surface area contributed by atoms with Crippen LogP contribution in [0.15, 0.2) is 70.2 Å². The van der Waals surface area contributed by atoms with Crippen LogP contribution in [0.3, 0.4) is 0 Å². The van der Waals surface area contributed by atoms with E-state index in [1.165, 1.54) is 12.1 Å². The minimum Gasteiger partial charge on any atom is -0.497 e. The van der Waals surface area contributed by atoms with E-state index in [4.69, 9.17) is 19.3 Å². The Labute approximate surface area is 188 Å². The zero-order valence-corrected chi connectivity index (χ0v) is 18.6. The Kier molecular flexibility index (Phi) is 5.06. The van der Waals surface area contributed by atoms with Crippen molar-refractivity contribution in [1.82, 2.24) is 5.01 Å². The standard InChI is InChI=1S/C24H20BrFN2O3/c1-29-17-8-10-22(30-2)19(12-17)24-28-21(18-11-15(25)5-9-23(18)31-24)13-20(27-28)14-3-6-16(26)7-4-14/h3-12,21,24H,13H2,1-2H3/t21-,24-/m1/s1. The maximum atomic E-state index is 13.4. The molecule has 0 fully saturated rings. The van der Waals surface area contributed by atoms with Gasteiger partial charge in [0.15, 0.2) is 0 Å². The molecule has 3 aromatic rings. The Morgan fingerprint density at radius 3 is 2.55 bits per heavy atom. The highest BCUT2D eigenvalue weighted by Gasteiger charge is 2.42. The van der Waals surface area contributed by atoms with Crippen LogP contribution < -0.4 is 14.2 Å². The Balaban J connectivity index is 1.63. The summed E-state index contributed by atoms with van der Waals surface area (Å²) < 4.78 is 31.9. The van der Waals surface area contributed by atoms with E-state index in [0.717, 1.165) is 32.6 Å². The molecule has 5 rings (SSSR count). The third-order valence-corrected chi connectivity index (χ3v) is 6.13. The second-order valence-corrected chi connectivity index (χ2v) is 8.33. The van der Waals surface area contributed by atoms with Gasteiger partial charge < -0.3 is 14.2 Å². The van der Waals surface area contributed by atoms with Gasteiger partial charge in [-0.15, -0.1) is 0 Å². The number of rotatable bonds is 4. The molecule has 2 heterocycles. The molecule has 0 radical (unpaired) electrons. The minimum absolute atomic E-state index is 0.0257. The van der Waals surface area contributed by atoms with Crippen LogP contribution in [0.1, 0.15) is 35.4 Å². The predicted molar refractivity (Wildman–Crippen MR) is 119 cm³/mol. The molecule has 0 amide bonds. The minimum atomic E-state index is -0.498. The van der Waals surface area contributed by atoms with Crippen LogP contribution in [0.2, 0.25) is 0 Å². The summed E-state index contributed by atoms with van der Waals surface area (Å²) in [7, 11) is 3.26. The Morgan fingerprint density at radius 1 is 1.00 bits per heavy atom. The van der Waals surface area contributed by atoms with Crippen LogP contribution in [-0.4, -0.2) is 24.9 Å². The third kappa shape index (κ3) is 3.53. The van der Waals surface area contributed by atoms with Crippen molar-refractivity contribution >= 4 is 21.6 Å². The van der Waals surface area contributed by atoms with Crippen molar-refractivity contribution in [3.63, 3.8) is 0 Å². The summed E-state index contributed by atoms with van der Waals surface area (Å²) >= 11 is 3.57. The van der Waals surface area contributed by atoms with Crippen LogP contribution in [0, 0.1) is 5.82 Å². The van der Waals surface area contributed by atoms with Crippen molar-refractivity contribution < 1.29 is 18.6 Å². The van der Waals surface area contributed by atoms with Gasteiger partial charge in [-0.05, 0) is 54.1 Å². The van der Waals surface area contributed by atoms with Gasteiger partial charge in [0.25, 0.3) is 0 Å². The maximum absolute atomic E-state index is 13.4. The number of hydrogen-bond donors (Lipinski definition) is 0. The van der Waals surface area contributed by atoms with E-state index in [2.05, 4.69) is 22.0 Å². The summed E-state index contributed by atoms with van der Waals surface area (Å²) in [5, 5.41) is 6.88. The van der Waals surface area contributed by atoms with E-state index < -0.39 is 6.23 Å². The summed E-state index contributed by atoms with van der Waals surface area (Å²) in [6, 6.07) is 18.0. The number of benzene rings is 3. The first kappa shape index (κ1) is 19.9. The highest BCUT2D eigenvalue weighted by molar-refractivity contribution is 9.10. The smallest absolute Gasteiger partial charge is 0.217 e. The van der Waals surface area contributed by atoms with Gasteiger partial charge in [0, 0.05) is 16.5 Å². The second kappa shape index (κ2) is 7.89. The fraction of sp³-hybridized carbons (Fsp3) is 0.208. The average molecular weight is 483 g/mol. The average Bonchev–Trinajstić information content (AvgIpc) is 3.24. The van der Waals surface area contributed by atoms with Crippen LogP contribution in [-0.2, 0) is 0 Å². The highest BCUT2D eigenvalue weighted by Crippen LogP contribution is 2.49. The van der Waals surface area contributed by atoms with Gasteiger partial charge in [0.1, 0.15) is 23.1 Å². The molecule has 3 aromatic carbocycles. The van der Waals surface area contributed by atoms with Crippen LogP contribution in [0.4, 0.5) is 4.39 Å². The lowest BCUT2D eigenvalue weighted by Crippen LogP contribution is -2.34. The fourth-order valence-electron chi connectivity index (χ4n) is 4.11. The highest BCUT2D eigenvalue weighted by atomic mass is 79.9. The van der Waals surface area contributed by atoms with Gasteiger partial charge in [-0.2, -0.15) is 5.10 Å². The molecule has 158 valence electrons. The number of methoxy groups -OCH3 is 2. The van der Waals surface area contributed by atoms with Crippen molar-refractivity contribution in [2.75, 3.05) is 14.2 Å². The Morgan fingerprint density at radius 2 is 1.81 bits per heavy atom. The summed E-state index contributed by atoms with van der Waals surface area (Å²) in [5.74, 6) is 1.93. The first-order valence-corrected chi connectivity index (χ1v) is 10.7. The van der Waals surface area contributed by atoms with Crippen molar-refractivity contribution in [3.05, 3.63) is 87.6 Å². The molecular formula is C24H20BrFN2O3. The number of nitrogens with zero attached hydrogens (tertiary/aromatic N) is 2. The molecule has 0 unspecified atom stereocenters. The lowest BCUT2D eigenvalue weighted by molar-refractivity contribution is -0.0205. The lowest BCUT2D eigenvalue weighted by atomic mass is 9.96. The number of hydrazone groups is 1. The number of halogens is 2. The van der Waals surface area contributed by atoms with Gasteiger partial charge in [-0.3, -0.25) is 0 Å². The number of ether oxygens (including phenoxy) is 3. The SMILES string of the molecule is COc1ccc(OC)c([C@H]2Oc3ccc(Br)cc3[C@H]3CC(c4ccc(F)cc4)=NN32)c1. The Hall–Kier alpha value is -3.06. The van der Waals surface area contributed by atoms with Gasteiger partial charge in [-0.25, -0.2) is 9.40 Å². The van der Waals surface area contributed by atoms with E-state index in [1.807, 2.05) is 35.3 Å². The van der Waals surface area contributed by atoms with Crippen molar-refractivity contribution in [2.24, 2.45) is 5.10 Å². The largest absolute Gasteiger partial charge is 0.497 e. The molecule has 2 aliphatic rings. The monoisotopic (exact) mass is 482 g/mol. The van der Waals surface area contributed by atoms with Crippen LogP contribution in [0.25, 0.3) is 0 Å². The van der Waals surface area contributed by atoms with Crippen molar-refractivity contribution in [1.29, 1.82) is 0 Å². The van der Waals surface area contributed by atoms with Gasteiger partial charge in [0.05, 0.1) is 31.5 Å². The molecule has 2 atom stereocenters. The molecule has 0 aliphatic carbocycles. The van der Waals surface area contributed by atoms with E-state index in [9.17, 15) is 4.39 Å².